The molecule has 1 N–H and O–H groups in total. The van der Waals surface area contributed by atoms with Gasteiger partial charge in [0, 0.05) is 12.4 Å². The molecule has 0 spiro atoms. The van der Waals surface area contributed by atoms with Gasteiger partial charge in [0.1, 0.15) is 5.69 Å². The molecule has 2 heterocycles. The monoisotopic (exact) mass is 181 g/mol. The third-order valence-electron chi connectivity index (χ3n) is 1.53. The van der Waals surface area contributed by atoms with Crippen LogP contribution in [-0.4, -0.2) is 19.6 Å². The topological polar surface area (TPSA) is 50.9 Å². The van der Waals surface area contributed by atoms with Crippen molar-refractivity contribution >= 4 is 11.3 Å². The maximum atomic E-state index is 9.08. The van der Waals surface area contributed by atoms with Crippen molar-refractivity contribution in [2.45, 2.75) is 0 Å². The Morgan fingerprint density at radius 3 is 2.92 bits per heavy atom. The fourth-order valence-electron chi connectivity index (χ4n) is 1.01. The first-order valence-electron chi connectivity index (χ1n) is 3.38. The molecular formula is C7H7N3OS. The average Bonchev–Trinajstić information content (AvgIpc) is 2.58. The van der Waals surface area contributed by atoms with E-state index in [9.17, 15) is 0 Å². The van der Waals surface area contributed by atoms with E-state index in [0.717, 1.165) is 5.69 Å². The van der Waals surface area contributed by atoms with E-state index in [2.05, 4.69) is 9.97 Å². The Labute approximate surface area is 73.1 Å². The lowest BCUT2D eigenvalue weighted by molar-refractivity contribution is 0.456. The first-order chi connectivity index (χ1) is 5.77. The highest BCUT2D eigenvalue weighted by atomic mass is 32.1. The molecule has 0 aliphatic heterocycles. The predicted molar refractivity (Wildman–Crippen MR) is 46.0 cm³/mol. The lowest BCUT2D eigenvalue weighted by atomic mass is 10.5. The van der Waals surface area contributed by atoms with Gasteiger partial charge in [0.05, 0.1) is 11.7 Å². The minimum atomic E-state index is 0.0282. The van der Waals surface area contributed by atoms with Gasteiger partial charge >= 0.3 is 0 Å². The van der Waals surface area contributed by atoms with Crippen LogP contribution in [0.2, 0.25) is 0 Å². The van der Waals surface area contributed by atoms with Crippen molar-refractivity contribution in [2.75, 3.05) is 0 Å². The lowest BCUT2D eigenvalue weighted by Crippen LogP contribution is -1.90. The summed E-state index contributed by atoms with van der Waals surface area (Å²) in [7, 11) is 1.82. The van der Waals surface area contributed by atoms with Crippen LogP contribution in [0.5, 0.6) is 5.88 Å². The van der Waals surface area contributed by atoms with Gasteiger partial charge in [-0.05, 0) is 0 Å². The zero-order valence-corrected chi connectivity index (χ0v) is 7.25. The predicted octanol–water partition coefficient (Wildman–Crippen LogP) is 1.25. The quantitative estimate of drug-likeness (QED) is 0.720. The van der Waals surface area contributed by atoms with Gasteiger partial charge in [-0.1, -0.05) is 0 Å². The third kappa shape index (κ3) is 1.08. The van der Waals surface area contributed by atoms with Gasteiger partial charge < -0.3 is 9.67 Å². The number of hydrogen-bond donors (Lipinski definition) is 1. The van der Waals surface area contributed by atoms with Gasteiger partial charge in [-0.25, -0.2) is 4.98 Å². The smallest absolute Gasteiger partial charge is 0.229 e. The summed E-state index contributed by atoms with van der Waals surface area (Å²) in [5.74, 6) is 0.717. The fourth-order valence-corrected chi connectivity index (χ4v) is 1.54. The number of aromatic nitrogens is 3. The number of hydrogen-bond acceptors (Lipinski definition) is 4. The SMILES string of the molecule is Cn1cc(O)nc1-c1cscn1. The summed E-state index contributed by atoms with van der Waals surface area (Å²) < 4.78 is 1.74. The zero-order chi connectivity index (χ0) is 8.55. The van der Waals surface area contributed by atoms with Crippen molar-refractivity contribution in [1.29, 1.82) is 0 Å². The summed E-state index contributed by atoms with van der Waals surface area (Å²) in [4.78, 5) is 8.00. The Balaban J connectivity index is 2.54. The van der Waals surface area contributed by atoms with E-state index in [4.69, 9.17) is 5.11 Å². The van der Waals surface area contributed by atoms with Crippen LogP contribution >= 0.6 is 11.3 Å². The molecule has 2 rings (SSSR count). The minimum Gasteiger partial charge on any atom is -0.492 e. The van der Waals surface area contributed by atoms with Crippen molar-refractivity contribution in [1.82, 2.24) is 14.5 Å². The largest absolute Gasteiger partial charge is 0.492 e. The Morgan fingerprint density at radius 2 is 2.42 bits per heavy atom. The van der Waals surface area contributed by atoms with Crippen LogP contribution in [0.25, 0.3) is 11.5 Å². The first kappa shape index (κ1) is 7.30. The summed E-state index contributed by atoms with van der Waals surface area (Å²) in [6.45, 7) is 0. The highest BCUT2D eigenvalue weighted by Gasteiger charge is 2.07. The molecule has 0 atom stereocenters. The van der Waals surface area contributed by atoms with Gasteiger partial charge in [0.25, 0.3) is 0 Å². The normalized spacial score (nSPS) is 10.4. The van der Waals surface area contributed by atoms with E-state index in [1.807, 2.05) is 12.4 Å². The van der Waals surface area contributed by atoms with E-state index >= 15 is 0 Å². The van der Waals surface area contributed by atoms with Crippen LogP contribution in [0.1, 0.15) is 0 Å². The third-order valence-corrected chi connectivity index (χ3v) is 2.11. The summed E-state index contributed by atoms with van der Waals surface area (Å²) >= 11 is 1.51. The Morgan fingerprint density at radius 1 is 1.58 bits per heavy atom. The molecular weight excluding hydrogens is 174 g/mol. The van der Waals surface area contributed by atoms with E-state index in [-0.39, 0.29) is 5.88 Å². The van der Waals surface area contributed by atoms with Crippen LogP contribution in [0.15, 0.2) is 17.1 Å². The molecule has 12 heavy (non-hydrogen) atoms. The number of aromatic hydroxyl groups is 1. The molecule has 4 nitrogen and oxygen atoms in total. The summed E-state index contributed by atoms with van der Waals surface area (Å²) in [6.07, 6.45) is 1.55. The molecule has 0 aliphatic rings. The highest BCUT2D eigenvalue weighted by Crippen LogP contribution is 2.19. The number of rotatable bonds is 1. The number of aryl methyl sites for hydroxylation is 1. The van der Waals surface area contributed by atoms with Gasteiger partial charge in [-0.2, -0.15) is 4.98 Å². The molecule has 0 fully saturated rings. The molecule has 2 aromatic heterocycles. The fraction of sp³-hybridized carbons (Fsp3) is 0.143. The van der Waals surface area contributed by atoms with Gasteiger partial charge in [-0.15, -0.1) is 11.3 Å². The van der Waals surface area contributed by atoms with Gasteiger partial charge in [0.2, 0.25) is 5.88 Å². The van der Waals surface area contributed by atoms with Crippen LogP contribution < -0.4 is 0 Å². The Hall–Kier alpha value is -1.36. The Bertz CT molecular complexity index is 379. The van der Waals surface area contributed by atoms with E-state index < -0.39 is 0 Å². The van der Waals surface area contributed by atoms with E-state index in [0.29, 0.717) is 5.82 Å². The molecule has 2 aromatic rings. The number of thiazole rings is 1. The molecule has 0 aromatic carbocycles. The first-order valence-corrected chi connectivity index (χ1v) is 4.32. The van der Waals surface area contributed by atoms with Crippen LogP contribution in [0.3, 0.4) is 0 Å². The molecule has 0 bridgehead atoms. The molecule has 0 saturated carbocycles. The molecule has 0 amide bonds. The van der Waals surface area contributed by atoms with Crippen molar-refractivity contribution in [3.8, 4) is 17.4 Å². The van der Waals surface area contributed by atoms with Crippen molar-refractivity contribution in [3.05, 3.63) is 17.1 Å². The van der Waals surface area contributed by atoms with E-state index in [1.54, 1.807) is 16.3 Å². The average molecular weight is 181 g/mol. The maximum absolute atomic E-state index is 9.08. The molecule has 0 unspecified atom stereocenters. The maximum Gasteiger partial charge on any atom is 0.229 e. The van der Waals surface area contributed by atoms with Crippen LogP contribution in [-0.2, 0) is 7.05 Å². The Kier molecular flexibility index (Phi) is 1.58. The van der Waals surface area contributed by atoms with Crippen LogP contribution in [0.4, 0.5) is 0 Å². The lowest BCUT2D eigenvalue weighted by Gasteiger charge is -1.93. The minimum absolute atomic E-state index is 0.0282. The van der Waals surface area contributed by atoms with Crippen LogP contribution in [0, 0.1) is 0 Å². The molecule has 0 radical (unpaired) electrons. The zero-order valence-electron chi connectivity index (χ0n) is 6.43. The van der Waals surface area contributed by atoms with Crippen molar-refractivity contribution < 1.29 is 5.11 Å². The second-order valence-corrected chi connectivity index (χ2v) is 3.13. The van der Waals surface area contributed by atoms with Crippen molar-refractivity contribution in [2.24, 2.45) is 7.05 Å². The molecule has 62 valence electrons. The summed E-state index contributed by atoms with van der Waals surface area (Å²) in [5, 5.41) is 11.0. The van der Waals surface area contributed by atoms with Gasteiger partial charge in [0.15, 0.2) is 5.82 Å². The number of nitrogens with zero attached hydrogens (tertiary/aromatic N) is 3. The molecule has 0 saturated heterocycles. The van der Waals surface area contributed by atoms with E-state index in [1.165, 1.54) is 11.3 Å². The van der Waals surface area contributed by atoms with Gasteiger partial charge in [-0.3, -0.25) is 0 Å². The number of imidazole rings is 1. The molecule has 0 aliphatic carbocycles. The summed E-state index contributed by atoms with van der Waals surface area (Å²) in [5.41, 5.74) is 2.53. The highest BCUT2D eigenvalue weighted by molar-refractivity contribution is 7.07. The standard InChI is InChI=1S/C7H7N3OS/c1-10-2-6(11)9-7(10)5-3-12-4-8-5/h2-4,11H,1H3. The molecule has 5 heteroatoms. The second kappa shape index (κ2) is 2.60. The summed E-state index contributed by atoms with van der Waals surface area (Å²) in [6, 6.07) is 0. The second-order valence-electron chi connectivity index (χ2n) is 2.41. The van der Waals surface area contributed by atoms with Crippen molar-refractivity contribution in [3.63, 3.8) is 0 Å².